The van der Waals surface area contributed by atoms with E-state index in [1.165, 1.54) is 0 Å². The average Bonchev–Trinajstić information content (AvgIpc) is 2.72. The molecule has 0 aliphatic carbocycles. The summed E-state index contributed by atoms with van der Waals surface area (Å²) in [5.74, 6) is 0.949. The van der Waals surface area contributed by atoms with Crippen molar-refractivity contribution in [2.24, 2.45) is 5.73 Å². The Balaban J connectivity index is 2.36. The van der Waals surface area contributed by atoms with E-state index in [9.17, 15) is 0 Å². The highest BCUT2D eigenvalue weighted by atomic mass is 16.3. The van der Waals surface area contributed by atoms with Gasteiger partial charge < -0.3 is 10.2 Å². The number of fused-ring (bicyclic) bond motifs is 1. The number of para-hydroxylation sites is 1. The number of hydrogen-bond donors (Lipinski definition) is 1. The fourth-order valence-corrected chi connectivity index (χ4v) is 2.01. The molecule has 0 radical (unpaired) electrons. The van der Waals surface area contributed by atoms with Crippen LogP contribution in [0.1, 0.15) is 25.6 Å². The minimum atomic E-state index is 0.141. The van der Waals surface area contributed by atoms with Gasteiger partial charge in [-0.2, -0.15) is 0 Å². The lowest BCUT2D eigenvalue weighted by atomic mass is 10.1. The zero-order valence-corrected chi connectivity index (χ0v) is 10.7. The van der Waals surface area contributed by atoms with Gasteiger partial charge in [0.05, 0.1) is 6.04 Å². The van der Waals surface area contributed by atoms with Crippen molar-refractivity contribution in [3.8, 4) is 0 Å². The van der Waals surface area contributed by atoms with E-state index in [0.29, 0.717) is 12.6 Å². The van der Waals surface area contributed by atoms with Crippen LogP contribution in [0.15, 0.2) is 34.7 Å². The van der Waals surface area contributed by atoms with Crippen molar-refractivity contribution in [3.63, 3.8) is 0 Å². The normalized spacial score (nSPS) is 13.8. The van der Waals surface area contributed by atoms with Gasteiger partial charge in [-0.05, 0) is 33.0 Å². The minimum Gasteiger partial charge on any atom is -0.459 e. The second-order valence-corrected chi connectivity index (χ2v) is 4.70. The second kappa shape index (κ2) is 4.90. The number of rotatable bonds is 4. The highest BCUT2D eigenvalue weighted by Crippen LogP contribution is 2.27. The molecule has 92 valence electrons. The topological polar surface area (TPSA) is 42.4 Å². The third-order valence-electron chi connectivity index (χ3n) is 3.30. The summed E-state index contributed by atoms with van der Waals surface area (Å²) in [6, 6.07) is 10.7. The number of hydrogen-bond acceptors (Lipinski definition) is 3. The molecule has 3 nitrogen and oxygen atoms in total. The molecule has 1 atom stereocenters. The molecule has 0 fully saturated rings. The van der Waals surface area contributed by atoms with Crippen LogP contribution in [0.4, 0.5) is 0 Å². The van der Waals surface area contributed by atoms with Gasteiger partial charge in [0.25, 0.3) is 0 Å². The summed E-state index contributed by atoms with van der Waals surface area (Å²) in [7, 11) is 2.08. The molecule has 17 heavy (non-hydrogen) atoms. The van der Waals surface area contributed by atoms with Crippen LogP contribution in [-0.2, 0) is 0 Å². The maximum absolute atomic E-state index is 5.87. The van der Waals surface area contributed by atoms with Gasteiger partial charge in [0.15, 0.2) is 0 Å². The zero-order valence-electron chi connectivity index (χ0n) is 10.7. The van der Waals surface area contributed by atoms with Crippen LogP contribution in [-0.4, -0.2) is 24.5 Å². The van der Waals surface area contributed by atoms with E-state index in [1.54, 1.807) is 0 Å². The molecule has 3 heteroatoms. The lowest BCUT2D eigenvalue weighted by Crippen LogP contribution is -2.35. The molecule has 0 aliphatic heterocycles. The molecule has 0 bridgehead atoms. The Labute approximate surface area is 102 Å². The van der Waals surface area contributed by atoms with E-state index in [2.05, 4.69) is 37.9 Å². The Kier molecular flexibility index (Phi) is 3.50. The first kappa shape index (κ1) is 12.1. The van der Waals surface area contributed by atoms with Gasteiger partial charge in [-0.3, -0.25) is 4.90 Å². The molecule has 1 heterocycles. The molecule has 1 aromatic carbocycles. The fraction of sp³-hybridized carbons (Fsp3) is 0.429. The van der Waals surface area contributed by atoms with Crippen LogP contribution >= 0.6 is 0 Å². The molecule has 0 aliphatic rings. The largest absolute Gasteiger partial charge is 0.459 e. The van der Waals surface area contributed by atoms with Gasteiger partial charge in [-0.1, -0.05) is 18.2 Å². The molecule has 0 spiro atoms. The predicted molar refractivity (Wildman–Crippen MR) is 70.9 cm³/mol. The van der Waals surface area contributed by atoms with E-state index in [4.69, 9.17) is 10.2 Å². The first-order valence-electron chi connectivity index (χ1n) is 6.04. The summed E-state index contributed by atoms with van der Waals surface area (Å²) < 4.78 is 5.87. The van der Waals surface area contributed by atoms with Gasteiger partial charge in [0.1, 0.15) is 11.3 Å². The molecule has 2 N–H and O–H groups in total. The van der Waals surface area contributed by atoms with Crippen LogP contribution in [0.25, 0.3) is 11.0 Å². The van der Waals surface area contributed by atoms with Gasteiger partial charge in [-0.25, -0.2) is 0 Å². The second-order valence-electron chi connectivity index (χ2n) is 4.70. The van der Waals surface area contributed by atoms with Crippen molar-refractivity contribution >= 4 is 11.0 Å². The molecule has 0 amide bonds. The summed E-state index contributed by atoms with van der Waals surface area (Å²) in [6.07, 6.45) is 0. The molecular formula is C14H20N2O. The minimum absolute atomic E-state index is 0.141. The van der Waals surface area contributed by atoms with E-state index >= 15 is 0 Å². The highest BCUT2D eigenvalue weighted by molar-refractivity contribution is 5.77. The molecule has 1 unspecified atom stereocenters. The lowest BCUT2D eigenvalue weighted by molar-refractivity contribution is 0.181. The van der Waals surface area contributed by atoms with Gasteiger partial charge >= 0.3 is 0 Å². The van der Waals surface area contributed by atoms with Crippen molar-refractivity contribution in [1.82, 2.24) is 4.90 Å². The van der Waals surface area contributed by atoms with Crippen molar-refractivity contribution in [2.75, 3.05) is 13.6 Å². The first-order valence-corrected chi connectivity index (χ1v) is 6.04. The van der Waals surface area contributed by atoms with E-state index in [0.717, 1.165) is 16.7 Å². The Morgan fingerprint density at radius 1 is 1.29 bits per heavy atom. The fourth-order valence-electron chi connectivity index (χ4n) is 2.01. The maximum atomic E-state index is 5.87. The van der Waals surface area contributed by atoms with Gasteiger partial charge in [0, 0.05) is 18.0 Å². The maximum Gasteiger partial charge on any atom is 0.134 e. The van der Waals surface area contributed by atoms with E-state index in [1.807, 2.05) is 18.2 Å². The Hall–Kier alpha value is -1.32. The standard InChI is InChI=1S/C14H20N2O/c1-10(2)16(3)12(9-15)14-8-11-6-4-5-7-13(11)17-14/h4-8,10,12H,9,15H2,1-3H3. The molecule has 2 rings (SSSR count). The lowest BCUT2D eigenvalue weighted by Gasteiger charge is -2.28. The van der Waals surface area contributed by atoms with E-state index < -0.39 is 0 Å². The summed E-state index contributed by atoms with van der Waals surface area (Å²) >= 11 is 0. The molecule has 0 saturated heterocycles. The number of nitrogens with two attached hydrogens (primary N) is 1. The third kappa shape index (κ3) is 2.35. The van der Waals surface area contributed by atoms with Gasteiger partial charge in [0.2, 0.25) is 0 Å². The SMILES string of the molecule is CC(C)N(C)C(CN)c1cc2ccccc2o1. The molecule has 1 aromatic heterocycles. The summed E-state index contributed by atoms with van der Waals surface area (Å²) in [5.41, 5.74) is 6.79. The Bertz CT molecular complexity index is 457. The third-order valence-corrected chi connectivity index (χ3v) is 3.30. The predicted octanol–water partition coefficient (Wildman–Crippen LogP) is 2.77. The Morgan fingerprint density at radius 3 is 2.59 bits per heavy atom. The number of likely N-dealkylation sites (N-methyl/N-ethyl adjacent to an activating group) is 1. The monoisotopic (exact) mass is 232 g/mol. The van der Waals surface area contributed by atoms with Crippen molar-refractivity contribution in [1.29, 1.82) is 0 Å². The average molecular weight is 232 g/mol. The number of furan rings is 1. The van der Waals surface area contributed by atoms with Gasteiger partial charge in [-0.15, -0.1) is 0 Å². The summed E-state index contributed by atoms with van der Waals surface area (Å²) in [6.45, 7) is 4.88. The summed E-state index contributed by atoms with van der Waals surface area (Å²) in [4.78, 5) is 2.23. The van der Waals surface area contributed by atoms with Crippen molar-refractivity contribution in [2.45, 2.75) is 25.9 Å². The molecular weight excluding hydrogens is 212 g/mol. The quantitative estimate of drug-likeness (QED) is 0.881. The van der Waals surface area contributed by atoms with Crippen LogP contribution in [0, 0.1) is 0 Å². The van der Waals surface area contributed by atoms with Crippen molar-refractivity contribution < 1.29 is 4.42 Å². The number of nitrogens with zero attached hydrogens (tertiary/aromatic N) is 1. The highest BCUT2D eigenvalue weighted by Gasteiger charge is 2.21. The summed E-state index contributed by atoms with van der Waals surface area (Å²) in [5, 5.41) is 1.14. The number of benzene rings is 1. The van der Waals surface area contributed by atoms with Crippen LogP contribution in [0.5, 0.6) is 0 Å². The van der Waals surface area contributed by atoms with Crippen molar-refractivity contribution in [3.05, 3.63) is 36.1 Å². The van der Waals surface area contributed by atoms with Crippen LogP contribution < -0.4 is 5.73 Å². The van der Waals surface area contributed by atoms with Crippen LogP contribution in [0.3, 0.4) is 0 Å². The zero-order chi connectivity index (χ0) is 12.4. The first-order chi connectivity index (χ1) is 8.13. The Morgan fingerprint density at radius 2 is 2.00 bits per heavy atom. The molecule has 0 saturated carbocycles. The van der Waals surface area contributed by atoms with E-state index in [-0.39, 0.29) is 6.04 Å². The molecule has 2 aromatic rings. The van der Waals surface area contributed by atoms with Crippen LogP contribution in [0.2, 0.25) is 0 Å². The smallest absolute Gasteiger partial charge is 0.134 e.